The second-order valence-corrected chi connectivity index (χ2v) is 14.2. The summed E-state index contributed by atoms with van der Waals surface area (Å²) in [5, 5.41) is 7.51. The van der Waals surface area contributed by atoms with E-state index in [0.29, 0.717) is 0 Å². The van der Waals surface area contributed by atoms with Crippen molar-refractivity contribution in [3.05, 3.63) is 206 Å². The van der Waals surface area contributed by atoms with Gasteiger partial charge in [-0.1, -0.05) is 152 Å². The molecule has 2 aromatic heterocycles. The van der Waals surface area contributed by atoms with E-state index in [2.05, 4.69) is 215 Å². The predicted molar refractivity (Wildman–Crippen MR) is 229 cm³/mol. The van der Waals surface area contributed by atoms with Crippen LogP contribution in [0.5, 0.6) is 0 Å². The molecule has 0 aliphatic rings. The molecule has 2 heteroatoms. The third kappa shape index (κ3) is 4.81. The van der Waals surface area contributed by atoms with Crippen molar-refractivity contribution in [1.82, 2.24) is 9.13 Å². The third-order valence-corrected chi connectivity index (χ3v) is 11.1. The van der Waals surface area contributed by atoms with Crippen LogP contribution in [0, 0.1) is 0 Å². The monoisotopic (exact) mass is 686 g/mol. The average molecular weight is 687 g/mol. The molecule has 0 amide bonds. The lowest BCUT2D eigenvalue weighted by molar-refractivity contribution is 1.18. The molecule has 0 fully saturated rings. The Morgan fingerprint density at radius 3 is 1.41 bits per heavy atom. The highest BCUT2D eigenvalue weighted by molar-refractivity contribution is 6.13. The molecule has 0 unspecified atom stereocenters. The summed E-state index contributed by atoms with van der Waals surface area (Å²) in [6.07, 6.45) is 0. The minimum atomic E-state index is 1.14. The Kier molecular flexibility index (Phi) is 6.90. The van der Waals surface area contributed by atoms with Gasteiger partial charge in [0.15, 0.2) is 0 Å². The largest absolute Gasteiger partial charge is 0.309 e. The quantitative estimate of drug-likeness (QED) is 0.171. The Balaban J connectivity index is 1.06. The second kappa shape index (κ2) is 12.2. The first-order valence-electron chi connectivity index (χ1n) is 18.6. The molecule has 11 aromatic rings. The second-order valence-electron chi connectivity index (χ2n) is 14.2. The SMILES string of the molecule is c1ccc(-c2ccc3c(c2)c2cc(-c4ccccc4)ccc2n3-c2ccc(-c3ccc4c5ccccc5n(-c5cccc6ccccc56)c4c3)cc2)cc1. The first-order chi connectivity index (χ1) is 26.8. The normalized spacial score (nSPS) is 11.7. The van der Waals surface area contributed by atoms with Gasteiger partial charge in [0.25, 0.3) is 0 Å². The van der Waals surface area contributed by atoms with Gasteiger partial charge in [0.1, 0.15) is 0 Å². The fraction of sp³-hybridized carbons (Fsp3) is 0. The first-order valence-corrected chi connectivity index (χ1v) is 18.6. The van der Waals surface area contributed by atoms with Gasteiger partial charge in [0, 0.05) is 32.6 Å². The third-order valence-electron chi connectivity index (χ3n) is 11.1. The van der Waals surface area contributed by atoms with Gasteiger partial charge in [-0.15, -0.1) is 0 Å². The fourth-order valence-corrected chi connectivity index (χ4v) is 8.54. The molecule has 2 nitrogen and oxygen atoms in total. The number of hydrogen-bond acceptors (Lipinski definition) is 0. The standard InChI is InChI=1S/C52H34N2/c1-3-12-35(13-4-1)39-25-30-50-46(32-39)47-33-40(36-14-5-2-6-15-36)26-31-51(47)53(50)42-27-22-37(23-28-42)41-24-29-45-44-19-9-10-20-49(44)54(52(45)34-41)48-21-11-17-38-16-7-8-18-43(38)48/h1-34H. The molecule has 0 bridgehead atoms. The van der Waals surface area contributed by atoms with Crippen LogP contribution in [0.25, 0.3) is 99.1 Å². The summed E-state index contributed by atoms with van der Waals surface area (Å²) in [4.78, 5) is 0. The van der Waals surface area contributed by atoms with Crippen LogP contribution in [-0.4, -0.2) is 9.13 Å². The molecule has 54 heavy (non-hydrogen) atoms. The van der Waals surface area contributed by atoms with Gasteiger partial charge in [-0.3, -0.25) is 0 Å². The van der Waals surface area contributed by atoms with Gasteiger partial charge in [-0.2, -0.15) is 0 Å². The maximum atomic E-state index is 2.44. The van der Waals surface area contributed by atoms with Crippen molar-refractivity contribution >= 4 is 54.4 Å². The number of aromatic nitrogens is 2. The van der Waals surface area contributed by atoms with Gasteiger partial charge in [0.05, 0.1) is 27.8 Å². The summed E-state index contributed by atoms with van der Waals surface area (Å²) in [7, 11) is 0. The summed E-state index contributed by atoms with van der Waals surface area (Å²) in [6.45, 7) is 0. The van der Waals surface area contributed by atoms with Crippen LogP contribution in [0.3, 0.4) is 0 Å². The molecule has 0 radical (unpaired) electrons. The molecule has 0 saturated heterocycles. The summed E-state index contributed by atoms with van der Waals surface area (Å²) < 4.78 is 4.86. The van der Waals surface area contributed by atoms with E-state index in [1.54, 1.807) is 0 Å². The van der Waals surface area contributed by atoms with Crippen molar-refractivity contribution in [3.63, 3.8) is 0 Å². The Morgan fingerprint density at radius 1 is 0.241 bits per heavy atom. The number of benzene rings is 9. The zero-order chi connectivity index (χ0) is 35.6. The molecule has 0 spiro atoms. The fourth-order valence-electron chi connectivity index (χ4n) is 8.54. The van der Waals surface area contributed by atoms with Crippen molar-refractivity contribution in [2.24, 2.45) is 0 Å². The highest BCUT2D eigenvalue weighted by Gasteiger charge is 2.17. The van der Waals surface area contributed by atoms with Crippen LogP contribution >= 0.6 is 0 Å². The highest BCUT2D eigenvalue weighted by Crippen LogP contribution is 2.39. The minimum Gasteiger partial charge on any atom is -0.309 e. The number of hydrogen-bond donors (Lipinski definition) is 0. The summed E-state index contributed by atoms with van der Waals surface area (Å²) >= 11 is 0. The molecular formula is C52H34N2. The Bertz CT molecular complexity index is 3080. The van der Waals surface area contributed by atoms with Crippen molar-refractivity contribution in [3.8, 4) is 44.8 Å². The first kappa shape index (κ1) is 30.5. The van der Waals surface area contributed by atoms with Crippen molar-refractivity contribution in [2.75, 3.05) is 0 Å². The van der Waals surface area contributed by atoms with Crippen molar-refractivity contribution in [2.45, 2.75) is 0 Å². The number of fused-ring (bicyclic) bond motifs is 7. The molecule has 2 heterocycles. The van der Waals surface area contributed by atoms with E-state index in [1.165, 1.54) is 93.5 Å². The zero-order valence-electron chi connectivity index (χ0n) is 29.5. The van der Waals surface area contributed by atoms with E-state index in [0.717, 1.165) is 5.69 Å². The van der Waals surface area contributed by atoms with E-state index in [-0.39, 0.29) is 0 Å². The van der Waals surface area contributed by atoms with Gasteiger partial charge >= 0.3 is 0 Å². The zero-order valence-corrected chi connectivity index (χ0v) is 29.5. The molecule has 0 aliphatic heterocycles. The maximum absolute atomic E-state index is 2.44. The van der Waals surface area contributed by atoms with Crippen LogP contribution in [-0.2, 0) is 0 Å². The molecule has 0 atom stereocenters. The van der Waals surface area contributed by atoms with E-state index in [1.807, 2.05) is 0 Å². The summed E-state index contributed by atoms with van der Waals surface area (Å²) in [5.41, 5.74) is 14.4. The number of nitrogens with zero attached hydrogens (tertiary/aromatic N) is 2. The van der Waals surface area contributed by atoms with Gasteiger partial charge in [0.2, 0.25) is 0 Å². The molecule has 9 aromatic carbocycles. The lowest BCUT2D eigenvalue weighted by Gasteiger charge is -2.13. The van der Waals surface area contributed by atoms with Gasteiger partial charge in [-0.25, -0.2) is 0 Å². The minimum absolute atomic E-state index is 1.14. The van der Waals surface area contributed by atoms with E-state index < -0.39 is 0 Å². The lowest BCUT2D eigenvalue weighted by Crippen LogP contribution is -1.95. The van der Waals surface area contributed by atoms with Crippen LogP contribution in [0.4, 0.5) is 0 Å². The predicted octanol–water partition coefficient (Wildman–Crippen LogP) is 14.0. The van der Waals surface area contributed by atoms with E-state index in [9.17, 15) is 0 Å². The molecule has 252 valence electrons. The number of rotatable bonds is 5. The average Bonchev–Trinajstić information content (AvgIpc) is 3.76. The lowest BCUT2D eigenvalue weighted by atomic mass is 10.0. The van der Waals surface area contributed by atoms with E-state index >= 15 is 0 Å². The molecule has 0 aliphatic carbocycles. The van der Waals surface area contributed by atoms with Crippen molar-refractivity contribution in [1.29, 1.82) is 0 Å². The van der Waals surface area contributed by atoms with Crippen LogP contribution in [0.15, 0.2) is 206 Å². The summed E-state index contributed by atoms with van der Waals surface area (Å²) in [6, 6.07) is 75.2. The Morgan fingerprint density at radius 2 is 0.722 bits per heavy atom. The molecular weight excluding hydrogens is 653 g/mol. The van der Waals surface area contributed by atoms with Crippen LogP contribution in [0.1, 0.15) is 0 Å². The molecule has 11 rings (SSSR count). The smallest absolute Gasteiger partial charge is 0.0547 e. The maximum Gasteiger partial charge on any atom is 0.0547 e. The Labute approximate surface area is 313 Å². The molecule has 0 N–H and O–H groups in total. The number of para-hydroxylation sites is 1. The van der Waals surface area contributed by atoms with Crippen molar-refractivity contribution < 1.29 is 0 Å². The highest BCUT2D eigenvalue weighted by atomic mass is 15.0. The van der Waals surface area contributed by atoms with E-state index in [4.69, 9.17) is 0 Å². The Hall–Kier alpha value is -7.16. The van der Waals surface area contributed by atoms with Gasteiger partial charge < -0.3 is 9.13 Å². The topological polar surface area (TPSA) is 9.86 Å². The van der Waals surface area contributed by atoms with Gasteiger partial charge in [-0.05, 0) is 93.4 Å². The molecule has 0 saturated carbocycles. The van der Waals surface area contributed by atoms with Crippen LogP contribution in [0.2, 0.25) is 0 Å². The summed E-state index contributed by atoms with van der Waals surface area (Å²) in [5.74, 6) is 0. The van der Waals surface area contributed by atoms with Crippen LogP contribution < -0.4 is 0 Å².